The van der Waals surface area contributed by atoms with E-state index in [-0.39, 0.29) is 5.91 Å². The number of nitrogens with zero attached hydrogens (tertiary/aromatic N) is 1. The van der Waals surface area contributed by atoms with Crippen LogP contribution in [0.5, 0.6) is 0 Å². The van der Waals surface area contributed by atoms with Crippen LogP contribution >= 0.6 is 11.8 Å². The summed E-state index contributed by atoms with van der Waals surface area (Å²) in [7, 11) is 0. The van der Waals surface area contributed by atoms with E-state index in [9.17, 15) is 9.59 Å². The summed E-state index contributed by atoms with van der Waals surface area (Å²) < 4.78 is 5.39. The SMILES string of the molecule is CCOC(Cc1ccc(CCCN2CSc3ccccc3C2=O)cc1)C(N)=O. The molecule has 0 radical (unpaired) electrons. The van der Waals surface area contributed by atoms with Crippen LogP contribution in [0.4, 0.5) is 0 Å². The first-order valence-electron chi connectivity index (χ1n) is 9.58. The molecule has 0 fully saturated rings. The maximum Gasteiger partial charge on any atom is 0.255 e. The van der Waals surface area contributed by atoms with Crippen molar-refractivity contribution in [3.63, 3.8) is 0 Å². The van der Waals surface area contributed by atoms with Gasteiger partial charge in [0.1, 0.15) is 6.10 Å². The highest BCUT2D eigenvalue weighted by Crippen LogP contribution is 2.30. The molecule has 3 rings (SSSR count). The maximum absolute atomic E-state index is 12.6. The van der Waals surface area contributed by atoms with Crippen LogP contribution < -0.4 is 5.73 Å². The molecule has 5 nitrogen and oxygen atoms in total. The second-order valence-electron chi connectivity index (χ2n) is 6.81. The Morgan fingerprint density at radius 1 is 1.18 bits per heavy atom. The predicted octanol–water partition coefficient (Wildman–Crippen LogP) is 3.26. The maximum atomic E-state index is 12.6. The number of primary amides is 1. The summed E-state index contributed by atoms with van der Waals surface area (Å²) in [6.07, 6.45) is 1.72. The van der Waals surface area contributed by atoms with Crippen molar-refractivity contribution in [1.29, 1.82) is 0 Å². The van der Waals surface area contributed by atoms with Gasteiger partial charge in [-0.25, -0.2) is 0 Å². The van der Waals surface area contributed by atoms with Gasteiger partial charge >= 0.3 is 0 Å². The number of fused-ring (bicyclic) bond motifs is 1. The van der Waals surface area contributed by atoms with E-state index >= 15 is 0 Å². The Hall–Kier alpha value is -2.31. The van der Waals surface area contributed by atoms with Gasteiger partial charge in [0.05, 0.1) is 11.4 Å². The van der Waals surface area contributed by atoms with Crippen molar-refractivity contribution < 1.29 is 14.3 Å². The van der Waals surface area contributed by atoms with Crippen LogP contribution in [0.3, 0.4) is 0 Å². The largest absolute Gasteiger partial charge is 0.368 e. The molecule has 0 aliphatic carbocycles. The van der Waals surface area contributed by atoms with E-state index in [2.05, 4.69) is 12.1 Å². The highest BCUT2D eigenvalue weighted by Gasteiger charge is 2.23. The molecule has 28 heavy (non-hydrogen) atoms. The lowest BCUT2D eigenvalue weighted by Gasteiger charge is -2.28. The first-order chi connectivity index (χ1) is 13.6. The number of carbonyl (C=O) groups excluding carboxylic acids is 2. The average molecular weight is 399 g/mol. The second kappa shape index (κ2) is 9.75. The molecule has 2 amide bonds. The van der Waals surface area contributed by atoms with E-state index in [1.165, 1.54) is 5.56 Å². The number of ether oxygens (including phenoxy) is 1. The number of thioether (sulfide) groups is 1. The summed E-state index contributed by atoms with van der Waals surface area (Å²) in [5, 5.41) is 0. The van der Waals surface area contributed by atoms with Gasteiger partial charge in [-0.3, -0.25) is 9.59 Å². The lowest BCUT2D eigenvalue weighted by atomic mass is 10.0. The van der Waals surface area contributed by atoms with Gasteiger partial charge in [-0.15, -0.1) is 11.8 Å². The number of carbonyl (C=O) groups is 2. The third-order valence-electron chi connectivity index (χ3n) is 4.80. The molecular formula is C22H26N2O3S. The molecule has 0 spiro atoms. The number of hydrogen-bond donors (Lipinski definition) is 1. The highest BCUT2D eigenvalue weighted by molar-refractivity contribution is 7.99. The molecule has 1 aliphatic heterocycles. The highest BCUT2D eigenvalue weighted by atomic mass is 32.2. The number of rotatable bonds is 9. The Kier molecular flexibility index (Phi) is 7.12. The smallest absolute Gasteiger partial charge is 0.255 e. The van der Waals surface area contributed by atoms with Crippen molar-refractivity contribution in [2.75, 3.05) is 19.0 Å². The van der Waals surface area contributed by atoms with Crippen LogP contribution in [0.1, 0.15) is 34.8 Å². The lowest BCUT2D eigenvalue weighted by Crippen LogP contribution is -2.34. The lowest BCUT2D eigenvalue weighted by molar-refractivity contribution is -0.129. The number of hydrogen-bond acceptors (Lipinski definition) is 4. The second-order valence-corrected chi connectivity index (χ2v) is 7.80. The molecule has 0 bridgehead atoms. The molecule has 0 saturated heterocycles. The average Bonchev–Trinajstić information content (AvgIpc) is 2.70. The van der Waals surface area contributed by atoms with Crippen LogP contribution in [-0.4, -0.2) is 41.8 Å². The minimum atomic E-state index is -0.582. The van der Waals surface area contributed by atoms with Gasteiger partial charge in [0.2, 0.25) is 5.91 Å². The van der Waals surface area contributed by atoms with Gasteiger partial charge in [0.25, 0.3) is 5.91 Å². The van der Waals surface area contributed by atoms with E-state index in [1.54, 1.807) is 11.8 Å². The number of nitrogens with two attached hydrogens (primary N) is 1. The van der Waals surface area contributed by atoms with Gasteiger partial charge < -0.3 is 15.4 Å². The van der Waals surface area contributed by atoms with Crippen LogP contribution in [-0.2, 0) is 22.4 Å². The van der Waals surface area contributed by atoms with Gasteiger partial charge in [-0.1, -0.05) is 36.4 Å². The molecule has 2 aromatic rings. The molecule has 1 aliphatic rings. The summed E-state index contributed by atoms with van der Waals surface area (Å²) >= 11 is 1.72. The Bertz CT molecular complexity index is 823. The van der Waals surface area contributed by atoms with Crippen LogP contribution in [0.15, 0.2) is 53.4 Å². The van der Waals surface area contributed by atoms with Gasteiger partial charge in [0.15, 0.2) is 0 Å². The number of amides is 2. The van der Waals surface area contributed by atoms with E-state index < -0.39 is 12.0 Å². The van der Waals surface area contributed by atoms with Crippen LogP contribution in [0.25, 0.3) is 0 Å². The summed E-state index contributed by atoms with van der Waals surface area (Å²) in [6, 6.07) is 16.0. The zero-order valence-electron chi connectivity index (χ0n) is 16.1. The van der Waals surface area contributed by atoms with Crippen molar-refractivity contribution in [1.82, 2.24) is 4.90 Å². The molecule has 1 unspecified atom stereocenters. The molecule has 148 valence electrons. The Balaban J connectivity index is 1.49. The Morgan fingerprint density at radius 2 is 1.89 bits per heavy atom. The van der Waals surface area contributed by atoms with Crippen molar-refractivity contribution in [2.45, 2.75) is 37.2 Å². The summed E-state index contributed by atoms with van der Waals surface area (Å²) in [5.74, 6) is 0.399. The minimum Gasteiger partial charge on any atom is -0.368 e. The quantitative estimate of drug-likeness (QED) is 0.704. The van der Waals surface area contributed by atoms with Crippen molar-refractivity contribution in [3.05, 3.63) is 65.2 Å². The zero-order valence-corrected chi connectivity index (χ0v) is 16.9. The summed E-state index contributed by atoms with van der Waals surface area (Å²) in [4.78, 5) is 27.0. The van der Waals surface area contributed by atoms with Crippen molar-refractivity contribution >= 4 is 23.6 Å². The third kappa shape index (κ3) is 5.14. The molecule has 1 atom stereocenters. The van der Waals surface area contributed by atoms with E-state index in [1.807, 2.05) is 48.2 Å². The summed E-state index contributed by atoms with van der Waals surface area (Å²) in [6.45, 7) is 3.06. The van der Waals surface area contributed by atoms with Crippen LogP contribution in [0.2, 0.25) is 0 Å². The van der Waals surface area contributed by atoms with Gasteiger partial charge in [-0.2, -0.15) is 0 Å². The molecule has 6 heteroatoms. The van der Waals surface area contributed by atoms with Crippen molar-refractivity contribution in [3.8, 4) is 0 Å². The normalized spacial score (nSPS) is 14.6. The summed E-state index contributed by atoms with van der Waals surface area (Å²) in [5.41, 5.74) is 8.43. The third-order valence-corrected chi connectivity index (χ3v) is 5.91. The first-order valence-corrected chi connectivity index (χ1v) is 10.6. The first kappa shape index (κ1) is 20.4. The number of benzene rings is 2. The molecule has 0 aromatic heterocycles. The minimum absolute atomic E-state index is 0.123. The fourth-order valence-corrected chi connectivity index (χ4v) is 4.31. The van der Waals surface area contributed by atoms with E-state index in [0.29, 0.717) is 18.9 Å². The molecule has 0 saturated carbocycles. The van der Waals surface area contributed by atoms with Crippen LogP contribution in [0, 0.1) is 0 Å². The standard InChI is InChI=1S/C22H26N2O3S/c1-2-27-19(21(23)25)14-17-11-9-16(10-12-17)6-5-13-24-15-28-20-8-4-3-7-18(20)22(24)26/h3-4,7-12,19H,2,5-6,13-15H2,1H3,(H2,23,25). The Morgan fingerprint density at radius 3 is 2.61 bits per heavy atom. The Labute approximate surface area is 170 Å². The molecule has 2 aromatic carbocycles. The van der Waals surface area contributed by atoms with E-state index in [4.69, 9.17) is 10.5 Å². The molecular weight excluding hydrogens is 372 g/mol. The monoisotopic (exact) mass is 398 g/mol. The van der Waals surface area contributed by atoms with Crippen molar-refractivity contribution in [2.24, 2.45) is 5.73 Å². The van der Waals surface area contributed by atoms with E-state index in [0.717, 1.165) is 35.4 Å². The fraction of sp³-hybridized carbons (Fsp3) is 0.364. The number of aryl methyl sites for hydroxylation is 1. The molecule has 1 heterocycles. The van der Waals surface area contributed by atoms with Gasteiger partial charge in [-0.05, 0) is 43.0 Å². The fourth-order valence-electron chi connectivity index (χ4n) is 3.28. The van der Waals surface area contributed by atoms with Gasteiger partial charge in [0, 0.05) is 24.5 Å². The topological polar surface area (TPSA) is 72.6 Å². The predicted molar refractivity (Wildman–Crippen MR) is 111 cm³/mol. The molecule has 2 N–H and O–H groups in total. The zero-order chi connectivity index (χ0) is 19.9.